The Kier molecular flexibility index (Phi) is 11.6. The molecular weight excluding hydrogens is 322 g/mol. The first kappa shape index (κ1) is 21.4. The van der Waals surface area contributed by atoms with Crippen molar-refractivity contribution in [2.24, 2.45) is 4.99 Å². The van der Waals surface area contributed by atoms with E-state index in [0.29, 0.717) is 38.2 Å². The van der Waals surface area contributed by atoms with Crippen molar-refractivity contribution in [2.45, 2.75) is 46.0 Å². The molecule has 0 aliphatic rings. The van der Waals surface area contributed by atoms with Gasteiger partial charge in [0.2, 0.25) is 5.89 Å². The van der Waals surface area contributed by atoms with Crippen LogP contribution in [0.25, 0.3) is 0 Å². The lowest BCUT2D eigenvalue weighted by molar-refractivity contribution is 0.0698. The van der Waals surface area contributed by atoms with Crippen LogP contribution in [0.1, 0.15) is 51.2 Å². The summed E-state index contributed by atoms with van der Waals surface area (Å²) in [5.74, 6) is 2.57. The summed E-state index contributed by atoms with van der Waals surface area (Å²) < 4.78 is 15.6. The Hall–Kier alpha value is -1.67. The van der Waals surface area contributed by atoms with Crippen LogP contribution in [-0.2, 0) is 15.9 Å². The van der Waals surface area contributed by atoms with Crippen LogP contribution >= 0.6 is 0 Å². The monoisotopic (exact) mass is 355 g/mol. The van der Waals surface area contributed by atoms with Crippen molar-refractivity contribution in [1.82, 2.24) is 20.8 Å². The van der Waals surface area contributed by atoms with Crippen molar-refractivity contribution >= 4 is 5.96 Å². The summed E-state index contributed by atoms with van der Waals surface area (Å²) in [5, 5.41) is 10.5. The molecule has 1 heterocycles. The predicted octanol–water partition coefficient (Wildman–Crippen LogP) is 1.73. The highest BCUT2D eigenvalue weighted by Crippen LogP contribution is 2.10. The molecule has 144 valence electrons. The standard InChI is InChI=1S/C17H33N5O3/c1-5-18-17(20-10-7-11-24-13-12-23-4)19-9-6-8-15-21-16(14(2)3)22-25-15/h14H,5-13H2,1-4H3,(H2,18,19,20). The zero-order valence-corrected chi connectivity index (χ0v) is 16.0. The summed E-state index contributed by atoms with van der Waals surface area (Å²) in [6, 6.07) is 0. The quantitative estimate of drug-likeness (QED) is 0.316. The first-order valence-electron chi connectivity index (χ1n) is 9.08. The van der Waals surface area contributed by atoms with Gasteiger partial charge in [-0.05, 0) is 19.8 Å². The number of methoxy groups -OCH3 is 1. The van der Waals surface area contributed by atoms with E-state index in [0.717, 1.165) is 44.1 Å². The number of rotatable bonds is 13. The van der Waals surface area contributed by atoms with Gasteiger partial charge in [0.1, 0.15) is 0 Å². The van der Waals surface area contributed by atoms with Crippen LogP contribution in [0.4, 0.5) is 0 Å². The van der Waals surface area contributed by atoms with Crippen molar-refractivity contribution < 1.29 is 14.0 Å². The number of nitrogens with zero attached hydrogens (tertiary/aromatic N) is 3. The minimum Gasteiger partial charge on any atom is -0.382 e. The molecule has 0 aliphatic carbocycles. The fraction of sp³-hybridized carbons (Fsp3) is 0.824. The SMILES string of the molecule is CCNC(=NCCCc1nc(C(C)C)no1)NCCCOCCOC. The molecule has 1 rings (SSSR count). The van der Waals surface area contributed by atoms with Crippen molar-refractivity contribution in [3.05, 3.63) is 11.7 Å². The average Bonchev–Trinajstić information content (AvgIpc) is 3.07. The molecule has 2 N–H and O–H groups in total. The number of aromatic nitrogens is 2. The van der Waals surface area contributed by atoms with E-state index in [1.54, 1.807) is 7.11 Å². The second kappa shape index (κ2) is 13.6. The van der Waals surface area contributed by atoms with Gasteiger partial charge in [-0.25, -0.2) is 0 Å². The van der Waals surface area contributed by atoms with Crippen LogP contribution in [-0.4, -0.2) is 62.7 Å². The number of aliphatic imine (C=N–C) groups is 1. The van der Waals surface area contributed by atoms with E-state index in [-0.39, 0.29) is 0 Å². The molecule has 0 fully saturated rings. The molecule has 8 heteroatoms. The van der Waals surface area contributed by atoms with E-state index >= 15 is 0 Å². The Balaban J connectivity index is 2.20. The Morgan fingerprint density at radius 1 is 1.20 bits per heavy atom. The average molecular weight is 355 g/mol. The number of hydrogen-bond donors (Lipinski definition) is 2. The van der Waals surface area contributed by atoms with Crippen molar-refractivity contribution in [3.63, 3.8) is 0 Å². The highest BCUT2D eigenvalue weighted by Gasteiger charge is 2.08. The number of guanidine groups is 1. The molecule has 0 spiro atoms. The maximum absolute atomic E-state index is 5.43. The lowest BCUT2D eigenvalue weighted by atomic mass is 10.2. The van der Waals surface area contributed by atoms with E-state index in [9.17, 15) is 0 Å². The molecule has 0 aliphatic heterocycles. The lowest BCUT2D eigenvalue weighted by Gasteiger charge is -2.11. The molecule has 0 unspecified atom stereocenters. The van der Waals surface area contributed by atoms with Gasteiger partial charge in [0, 0.05) is 45.7 Å². The molecule has 0 aromatic carbocycles. The van der Waals surface area contributed by atoms with Crippen LogP contribution < -0.4 is 10.6 Å². The first-order chi connectivity index (χ1) is 12.2. The fourth-order valence-corrected chi connectivity index (χ4v) is 1.99. The van der Waals surface area contributed by atoms with Gasteiger partial charge in [0.15, 0.2) is 11.8 Å². The maximum Gasteiger partial charge on any atom is 0.226 e. The van der Waals surface area contributed by atoms with Gasteiger partial charge in [-0.15, -0.1) is 0 Å². The Labute approximate surface area is 150 Å². The van der Waals surface area contributed by atoms with E-state index in [4.69, 9.17) is 14.0 Å². The summed E-state index contributed by atoms with van der Waals surface area (Å²) in [7, 11) is 1.67. The van der Waals surface area contributed by atoms with Gasteiger partial charge >= 0.3 is 0 Å². The van der Waals surface area contributed by atoms with E-state index in [1.807, 2.05) is 0 Å². The second-order valence-electron chi connectivity index (χ2n) is 5.95. The normalized spacial score (nSPS) is 12.0. The Morgan fingerprint density at radius 3 is 2.72 bits per heavy atom. The minimum atomic E-state index is 0.290. The third-order valence-corrected chi connectivity index (χ3v) is 3.35. The maximum atomic E-state index is 5.43. The molecule has 0 saturated heterocycles. The molecule has 0 atom stereocenters. The number of aryl methyl sites for hydroxylation is 1. The number of nitrogens with one attached hydrogen (secondary N) is 2. The summed E-state index contributed by atoms with van der Waals surface area (Å²) in [4.78, 5) is 8.94. The molecule has 25 heavy (non-hydrogen) atoms. The van der Waals surface area contributed by atoms with Crippen LogP contribution in [0.3, 0.4) is 0 Å². The van der Waals surface area contributed by atoms with Crippen molar-refractivity contribution in [3.8, 4) is 0 Å². The Bertz CT molecular complexity index is 477. The van der Waals surface area contributed by atoms with Gasteiger partial charge in [-0.3, -0.25) is 4.99 Å². The summed E-state index contributed by atoms with van der Waals surface area (Å²) in [6.07, 6.45) is 2.54. The first-order valence-corrected chi connectivity index (χ1v) is 9.08. The third kappa shape index (κ3) is 10.0. The van der Waals surface area contributed by atoms with Crippen LogP contribution in [0.2, 0.25) is 0 Å². The van der Waals surface area contributed by atoms with Gasteiger partial charge in [-0.1, -0.05) is 19.0 Å². The van der Waals surface area contributed by atoms with Gasteiger partial charge < -0.3 is 24.6 Å². The molecule has 0 radical (unpaired) electrons. The summed E-state index contributed by atoms with van der Waals surface area (Å²) in [5.41, 5.74) is 0. The summed E-state index contributed by atoms with van der Waals surface area (Å²) in [6.45, 7) is 10.5. The van der Waals surface area contributed by atoms with Crippen molar-refractivity contribution in [2.75, 3.05) is 46.6 Å². The van der Waals surface area contributed by atoms with Gasteiger partial charge in [-0.2, -0.15) is 4.98 Å². The zero-order chi connectivity index (χ0) is 18.3. The molecule has 1 aromatic heterocycles. The highest BCUT2D eigenvalue weighted by atomic mass is 16.5. The van der Waals surface area contributed by atoms with Gasteiger partial charge in [0.25, 0.3) is 0 Å². The third-order valence-electron chi connectivity index (χ3n) is 3.35. The van der Waals surface area contributed by atoms with Gasteiger partial charge in [0.05, 0.1) is 13.2 Å². The van der Waals surface area contributed by atoms with Crippen LogP contribution in [0.5, 0.6) is 0 Å². The molecule has 0 amide bonds. The van der Waals surface area contributed by atoms with Crippen LogP contribution in [0, 0.1) is 0 Å². The smallest absolute Gasteiger partial charge is 0.226 e. The molecular formula is C17H33N5O3. The molecule has 8 nitrogen and oxygen atoms in total. The van der Waals surface area contributed by atoms with E-state index in [2.05, 4.69) is 46.5 Å². The molecule has 0 bridgehead atoms. The zero-order valence-electron chi connectivity index (χ0n) is 16.0. The minimum absolute atomic E-state index is 0.290. The highest BCUT2D eigenvalue weighted by molar-refractivity contribution is 5.79. The van der Waals surface area contributed by atoms with E-state index < -0.39 is 0 Å². The number of hydrogen-bond acceptors (Lipinski definition) is 6. The molecule has 0 saturated carbocycles. The number of ether oxygens (including phenoxy) is 2. The molecule has 1 aromatic rings. The lowest BCUT2D eigenvalue weighted by Crippen LogP contribution is -2.38. The summed E-state index contributed by atoms with van der Waals surface area (Å²) >= 11 is 0. The second-order valence-corrected chi connectivity index (χ2v) is 5.95. The van der Waals surface area contributed by atoms with Crippen molar-refractivity contribution in [1.29, 1.82) is 0 Å². The van der Waals surface area contributed by atoms with E-state index in [1.165, 1.54) is 0 Å². The predicted molar refractivity (Wildman–Crippen MR) is 98.0 cm³/mol. The fourth-order valence-electron chi connectivity index (χ4n) is 1.99. The Morgan fingerprint density at radius 2 is 2.04 bits per heavy atom. The largest absolute Gasteiger partial charge is 0.382 e. The topological polar surface area (TPSA) is 93.8 Å². The van der Waals surface area contributed by atoms with Crippen LogP contribution in [0.15, 0.2) is 9.52 Å².